The van der Waals surface area contributed by atoms with Crippen molar-refractivity contribution in [3.05, 3.63) is 35.4 Å². The highest BCUT2D eigenvalue weighted by molar-refractivity contribution is 5.91. The lowest BCUT2D eigenvalue weighted by Crippen LogP contribution is -2.09. The molecule has 1 aromatic carbocycles. The molecule has 0 amide bonds. The Morgan fingerprint density at radius 3 is 2.44 bits per heavy atom. The van der Waals surface area contributed by atoms with E-state index >= 15 is 0 Å². The Hall–Kier alpha value is -2.50. The minimum Gasteiger partial charge on any atom is -0.504 e. The summed E-state index contributed by atoms with van der Waals surface area (Å²) in [5, 5.41) is 27.7. The molecule has 0 heterocycles. The van der Waals surface area contributed by atoms with Crippen molar-refractivity contribution in [3.63, 3.8) is 0 Å². The van der Waals surface area contributed by atoms with E-state index in [9.17, 15) is 19.8 Å². The van der Waals surface area contributed by atoms with Crippen molar-refractivity contribution in [2.45, 2.75) is 13.5 Å². The lowest BCUT2D eigenvalue weighted by molar-refractivity contribution is -0.140. The fraction of sp³-hybridized carbons (Fsp3) is 0.167. The van der Waals surface area contributed by atoms with Crippen LogP contribution in [-0.4, -0.2) is 27.3 Å². The zero-order valence-corrected chi connectivity index (χ0v) is 9.64. The molecule has 1 rings (SSSR count). The molecule has 0 radical (unpaired) electrons. The van der Waals surface area contributed by atoms with Crippen molar-refractivity contribution in [1.29, 1.82) is 0 Å². The number of ether oxygens (including phenoxy) is 1. The molecule has 0 saturated carbocycles. The number of hydrogen-bond acceptors (Lipinski definition) is 5. The lowest BCUT2D eigenvalue weighted by Gasteiger charge is -2.10. The van der Waals surface area contributed by atoms with Crippen LogP contribution >= 0.6 is 0 Å². The second kappa shape index (κ2) is 5.22. The first-order chi connectivity index (χ1) is 8.34. The molecule has 0 aromatic heterocycles. The molecule has 0 fully saturated rings. The number of carboxylic acid groups (broad SMARTS) is 1. The van der Waals surface area contributed by atoms with Gasteiger partial charge in [-0.25, -0.2) is 9.59 Å². The highest BCUT2D eigenvalue weighted by atomic mass is 16.5. The van der Waals surface area contributed by atoms with E-state index in [2.05, 4.69) is 6.58 Å². The van der Waals surface area contributed by atoms with Gasteiger partial charge in [-0.05, 0) is 19.1 Å². The van der Waals surface area contributed by atoms with E-state index in [1.165, 1.54) is 6.92 Å². The molecule has 0 aliphatic rings. The number of rotatable bonds is 4. The van der Waals surface area contributed by atoms with Gasteiger partial charge in [-0.2, -0.15) is 0 Å². The molecule has 0 aliphatic heterocycles. The van der Waals surface area contributed by atoms with E-state index in [0.717, 1.165) is 12.1 Å². The molecule has 6 heteroatoms. The second-order valence-corrected chi connectivity index (χ2v) is 3.62. The highest BCUT2D eigenvalue weighted by Crippen LogP contribution is 2.32. The van der Waals surface area contributed by atoms with Crippen LogP contribution in [0.5, 0.6) is 11.5 Å². The summed E-state index contributed by atoms with van der Waals surface area (Å²) in [6.07, 6.45) is 0. The summed E-state index contributed by atoms with van der Waals surface area (Å²) >= 11 is 0. The fourth-order valence-corrected chi connectivity index (χ4v) is 1.23. The third-order valence-electron chi connectivity index (χ3n) is 2.19. The molecule has 0 spiro atoms. The average molecular weight is 252 g/mol. The van der Waals surface area contributed by atoms with Crippen LogP contribution in [0.25, 0.3) is 0 Å². The number of aromatic hydroxyl groups is 2. The Morgan fingerprint density at radius 1 is 1.33 bits per heavy atom. The van der Waals surface area contributed by atoms with Gasteiger partial charge >= 0.3 is 11.9 Å². The maximum atomic E-state index is 11.2. The number of aromatic carboxylic acids is 1. The van der Waals surface area contributed by atoms with Crippen LogP contribution in [0, 0.1) is 0 Å². The Kier molecular flexibility index (Phi) is 3.93. The number of hydrogen-bond donors (Lipinski definition) is 3. The Bertz CT molecular complexity index is 518. The lowest BCUT2D eigenvalue weighted by atomic mass is 10.1. The van der Waals surface area contributed by atoms with E-state index in [1.54, 1.807) is 0 Å². The fourth-order valence-electron chi connectivity index (χ4n) is 1.23. The first-order valence-electron chi connectivity index (χ1n) is 4.94. The molecular formula is C12H12O6. The number of carbonyl (C=O) groups is 2. The van der Waals surface area contributed by atoms with Crippen molar-refractivity contribution in [1.82, 2.24) is 0 Å². The highest BCUT2D eigenvalue weighted by Gasteiger charge is 2.18. The molecule has 0 saturated heterocycles. The molecule has 18 heavy (non-hydrogen) atoms. The number of carboxylic acids is 1. The molecule has 3 N–H and O–H groups in total. The van der Waals surface area contributed by atoms with Gasteiger partial charge in [0.15, 0.2) is 11.5 Å². The summed E-state index contributed by atoms with van der Waals surface area (Å²) in [6, 6.07) is 2.16. The van der Waals surface area contributed by atoms with Gasteiger partial charge in [0, 0.05) is 11.1 Å². The van der Waals surface area contributed by atoms with Crippen molar-refractivity contribution >= 4 is 11.9 Å². The van der Waals surface area contributed by atoms with E-state index in [0.29, 0.717) is 0 Å². The third kappa shape index (κ3) is 2.79. The van der Waals surface area contributed by atoms with E-state index < -0.39 is 30.0 Å². The SMILES string of the molecule is C=C(C)C(=O)OCc1c(C(=O)O)ccc(O)c1O. The number of phenols is 2. The van der Waals surface area contributed by atoms with Gasteiger partial charge in [0.05, 0.1) is 5.56 Å². The first-order valence-corrected chi connectivity index (χ1v) is 4.94. The Morgan fingerprint density at radius 2 is 1.94 bits per heavy atom. The van der Waals surface area contributed by atoms with Crippen molar-refractivity contribution in [2.24, 2.45) is 0 Å². The van der Waals surface area contributed by atoms with E-state index in [-0.39, 0.29) is 16.7 Å². The van der Waals surface area contributed by atoms with Crippen LogP contribution in [0.3, 0.4) is 0 Å². The zero-order chi connectivity index (χ0) is 13.9. The Labute approximate surface area is 103 Å². The molecule has 1 aromatic rings. The summed E-state index contributed by atoms with van der Waals surface area (Å²) in [6.45, 7) is 4.33. The normalized spacial score (nSPS) is 9.83. The number of benzene rings is 1. The molecule has 0 bridgehead atoms. The van der Waals surface area contributed by atoms with Crippen LogP contribution in [0.15, 0.2) is 24.3 Å². The second-order valence-electron chi connectivity index (χ2n) is 3.62. The van der Waals surface area contributed by atoms with E-state index in [4.69, 9.17) is 9.84 Å². The standard InChI is InChI=1S/C12H12O6/c1-6(2)12(17)18-5-8-7(11(15)16)3-4-9(13)10(8)14/h3-4,13-14H,1,5H2,2H3,(H,15,16). The van der Waals surface area contributed by atoms with Gasteiger partial charge in [-0.15, -0.1) is 0 Å². The predicted molar refractivity (Wildman–Crippen MR) is 61.3 cm³/mol. The Balaban J connectivity index is 3.06. The minimum absolute atomic E-state index is 0.145. The molecule has 0 atom stereocenters. The van der Waals surface area contributed by atoms with Gasteiger partial charge in [0.1, 0.15) is 6.61 Å². The smallest absolute Gasteiger partial charge is 0.336 e. The number of esters is 1. The molecule has 0 unspecified atom stereocenters. The van der Waals surface area contributed by atoms with Crippen molar-refractivity contribution in [3.8, 4) is 11.5 Å². The summed E-state index contributed by atoms with van der Waals surface area (Å²) in [5.41, 5.74) is -0.275. The van der Waals surface area contributed by atoms with Gasteiger partial charge in [0.25, 0.3) is 0 Å². The topological polar surface area (TPSA) is 104 Å². The predicted octanol–water partition coefficient (Wildman–Crippen LogP) is 1.42. The summed E-state index contributed by atoms with van der Waals surface area (Å²) in [4.78, 5) is 22.1. The van der Waals surface area contributed by atoms with Crippen LogP contribution < -0.4 is 0 Å². The number of phenolic OH excluding ortho intramolecular Hbond substituents is 2. The minimum atomic E-state index is -1.30. The van der Waals surface area contributed by atoms with E-state index in [1.807, 2.05) is 0 Å². The number of carbonyl (C=O) groups excluding carboxylic acids is 1. The van der Waals surface area contributed by atoms with Gasteiger partial charge in [-0.1, -0.05) is 6.58 Å². The maximum Gasteiger partial charge on any atom is 0.336 e. The van der Waals surface area contributed by atoms with Gasteiger partial charge in [-0.3, -0.25) is 0 Å². The zero-order valence-electron chi connectivity index (χ0n) is 9.64. The largest absolute Gasteiger partial charge is 0.504 e. The van der Waals surface area contributed by atoms with Crippen LogP contribution in [0.4, 0.5) is 0 Å². The quantitative estimate of drug-likeness (QED) is 0.425. The maximum absolute atomic E-state index is 11.2. The van der Waals surface area contributed by atoms with Gasteiger partial charge < -0.3 is 20.1 Å². The summed E-state index contributed by atoms with van der Waals surface area (Å²) in [5.74, 6) is -3.12. The molecule has 96 valence electrons. The van der Waals surface area contributed by atoms with Crippen LogP contribution in [0.1, 0.15) is 22.8 Å². The molecule has 6 nitrogen and oxygen atoms in total. The summed E-state index contributed by atoms with van der Waals surface area (Å²) < 4.78 is 4.74. The first kappa shape index (κ1) is 13.6. The van der Waals surface area contributed by atoms with Crippen LogP contribution in [-0.2, 0) is 16.1 Å². The average Bonchev–Trinajstić information content (AvgIpc) is 2.29. The van der Waals surface area contributed by atoms with Crippen LogP contribution in [0.2, 0.25) is 0 Å². The van der Waals surface area contributed by atoms with Gasteiger partial charge in [0.2, 0.25) is 0 Å². The van der Waals surface area contributed by atoms with Crippen molar-refractivity contribution in [2.75, 3.05) is 0 Å². The molecule has 0 aliphatic carbocycles. The molecular weight excluding hydrogens is 240 g/mol. The van der Waals surface area contributed by atoms with Crippen molar-refractivity contribution < 1.29 is 29.6 Å². The summed E-state index contributed by atoms with van der Waals surface area (Å²) in [7, 11) is 0. The monoisotopic (exact) mass is 252 g/mol. The third-order valence-corrected chi connectivity index (χ3v) is 2.19.